The molecule has 0 aliphatic heterocycles. The van der Waals surface area contributed by atoms with E-state index in [9.17, 15) is 18.0 Å². The number of nitrogens with zero attached hydrogens (tertiary/aromatic N) is 1. The molecule has 0 radical (unpaired) electrons. The van der Waals surface area contributed by atoms with Crippen molar-refractivity contribution < 1.29 is 27.8 Å². The second-order valence-electron chi connectivity index (χ2n) is 4.57. The first-order chi connectivity index (χ1) is 10.8. The minimum atomic E-state index is -4.52. The molecule has 8 heteroatoms. The third-order valence-electron chi connectivity index (χ3n) is 3.09. The van der Waals surface area contributed by atoms with Crippen molar-refractivity contribution in [2.75, 3.05) is 12.4 Å². The molecule has 0 aliphatic rings. The van der Waals surface area contributed by atoms with Crippen LogP contribution in [0.25, 0.3) is 0 Å². The van der Waals surface area contributed by atoms with Crippen LogP contribution in [0.5, 0.6) is 5.75 Å². The van der Waals surface area contributed by atoms with E-state index in [1.807, 2.05) is 0 Å². The van der Waals surface area contributed by atoms with Gasteiger partial charge < -0.3 is 15.2 Å². The summed E-state index contributed by atoms with van der Waals surface area (Å²) in [5, 5.41) is 11.7. The second kappa shape index (κ2) is 6.55. The molecule has 1 aromatic carbocycles. The Kier molecular flexibility index (Phi) is 4.73. The van der Waals surface area contributed by atoms with Gasteiger partial charge in [-0.2, -0.15) is 13.2 Å². The van der Waals surface area contributed by atoms with Crippen molar-refractivity contribution in [3.63, 3.8) is 0 Å². The van der Waals surface area contributed by atoms with Crippen molar-refractivity contribution >= 4 is 11.7 Å². The van der Waals surface area contributed by atoms with E-state index in [1.165, 1.54) is 37.6 Å². The lowest BCUT2D eigenvalue weighted by Gasteiger charge is -2.15. The summed E-state index contributed by atoms with van der Waals surface area (Å²) >= 11 is 0. The number of halogens is 3. The minimum Gasteiger partial charge on any atom is -0.495 e. The number of hydrogen-bond donors (Lipinski definition) is 2. The normalized spacial score (nSPS) is 11.1. The molecule has 2 N–H and O–H groups in total. The smallest absolute Gasteiger partial charge is 0.418 e. The van der Waals surface area contributed by atoms with Gasteiger partial charge in [0.2, 0.25) is 0 Å². The van der Waals surface area contributed by atoms with Gasteiger partial charge in [0, 0.05) is 6.20 Å². The molecule has 2 rings (SSSR count). The number of carboxylic acids is 1. The van der Waals surface area contributed by atoms with Gasteiger partial charge in [-0.05, 0) is 30.3 Å². The molecule has 23 heavy (non-hydrogen) atoms. The van der Waals surface area contributed by atoms with Crippen molar-refractivity contribution in [2.45, 2.75) is 12.7 Å². The summed E-state index contributed by atoms with van der Waals surface area (Å²) in [6.45, 7) is -0.227. The Hall–Kier alpha value is -2.77. The molecule has 122 valence electrons. The predicted octanol–water partition coefficient (Wildman–Crippen LogP) is 3.42. The van der Waals surface area contributed by atoms with Gasteiger partial charge in [-0.25, -0.2) is 4.79 Å². The summed E-state index contributed by atoms with van der Waals surface area (Å²) in [5.74, 6) is -0.830. The number of ether oxygens (including phenoxy) is 1. The SMILES string of the molecule is COc1ccc(C(=O)O)cc1NCc1ncccc1C(F)(F)F. The molecule has 0 aliphatic carbocycles. The zero-order valence-electron chi connectivity index (χ0n) is 12.0. The van der Waals surface area contributed by atoms with Crippen LogP contribution >= 0.6 is 0 Å². The zero-order chi connectivity index (χ0) is 17.0. The average Bonchev–Trinajstić information content (AvgIpc) is 2.51. The Bertz CT molecular complexity index is 717. The van der Waals surface area contributed by atoms with Crippen molar-refractivity contribution in [3.8, 4) is 5.75 Å². The van der Waals surface area contributed by atoms with Gasteiger partial charge in [0.1, 0.15) is 5.75 Å². The number of methoxy groups -OCH3 is 1. The van der Waals surface area contributed by atoms with Gasteiger partial charge in [-0.3, -0.25) is 4.98 Å². The van der Waals surface area contributed by atoms with Gasteiger partial charge in [-0.1, -0.05) is 0 Å². The summed E-state index contributed by atoms with van der Waals surface area (Å²) in [5.41, 5.74) is -0.778. The van der Waals surface area contributed by atoms with Crippen molar-refractivity contribution in [2.24, 2.45) is 0 Å². The number of benzene rings is 1. The van der Waals surface area contributed by atoms with Crippen LogP contribution in [0.1, 0.15) is 21.6 Å². The number of hydrogen-bond acceptors (Lipinski definition) is 4. The van der Waals surface area contributed by atoms with Gasteiger partial charge >= 0.3 is 12.1 Å². The number of anilines is 1. The van der Waals surface area contributed by atoms with Crippen LogP contribution in [0.15, 0.2) is 36.5 Å². The molecule has 0 saturated heterocycles. The Balaban J connectivity index is 2.28. The molecule has 0 unspecified atom stereocenters. The lowest BCUT2D eigenvalue weighted by Crippen LogP contribution is -2.13. The minimum absolute atomic E-state index is 0.00892. The van der Waals surface area contributed by atoms with E-state index in [4.69, 9.17) is 9.84 Å². The van der Waals surface area contributed by atoms with E-state index in [2.05, 4.69) is 10.3 Å². The lowest BCUT2D eigenvalue weighted by atomic mass is 10.1. The number of rotatable bonds is 5. The van der Waals surface area contributed by atoms with E-state index >= 15 is 0 Å². The average molecular weight is 326 g/mol. The third-order valence-corrected chi connectivity index (χ3v) is 3.09. The summed E-state index contributed by atoms with van der Waals surface area (Å²) in [7, 11) is 1.38. The Morgan fingerprint density at radius 1 is 1.35 bits per heavy atom. The Morgan fingerprint density at radius 2 is 2.09 bits per heavy atom. The van der Waals surface area contributed by atoms with Crippen molar-refractivity contribution in [3.05, 3.63) is 53.3 Å². The van der Waals surface area contributed by atoms with Crippen LogP contribution in [0.4, 0.5) is 18.9 Å². The quantitative estimate of drug-likeness (QED) is 0.881. The van der Waals surface area contributed by atoms with Crippen molar-refractivity contribution in [1.82, 2.24) is 4.98 Å². The van der Waals surface area contributed by atoms with Crippen LogP contribution in [0, 0.1) is 0 Å². The molecule has 0 atom stereocenters. The summed E-state index contributed by atoms with van der Waals surface area (Å²) in [4.78, 5) is 14.7. The summed E-state index contributed by atoms with van der Waals surface area (Å²) in [6.07, 6.45) is -3.25. The lowest BCUT2D eigenvalue weighted by molar-refractivity contribution is -0.138. The Morgan fingerprint density at radius 3 is 2.70 bits per heavy atom. The molecule has 0 spiro atoms. The number of pyridine rings is 1. The van der Waals surface area contributed by atoms with E-state index < -0.39 is 17.7 Å². The fourth-order valence-electron chi connectivity index (χ4n) is 2.00. The fraction of sp³-hybridized carbons (Fsp3) is 0.200. The number of carboxylic acid groups (broad SMARTS) is 1. The van der Waals surface area contributed by atoms with E-state index in [1.54, 1.807) is 0 Å². The molecule has 1 heterocycles. The molecule has 0 amide bonds. The molecular weight excluding hydrogens is 313 g/mol. The number of aromatic nitrogens is 1. The summed E-state index contributed by atoms with van der Waals surface area (Å²) in [6, 6.07) is 6.20. The first-order valence-corrected chi connectivity index (χ1v) is 6.49. The second-order valence-corrected chi connectivity index (χ2v) is 4.57. The highest BCUT2D eigenvalue weighted by Crippen LogP contribution is 2.32. The molecular formula is C15H13F3N2O3. The number of aromatic carboxylic acids is 1. The third kappa shape index (κ3) is 3.91. The van der Waals surface area contributed by atoms with Gasteiger partial charge in [0.15, 0.2) is 0 Å². The highest BCUT2D eigenvalue weighted by Gasteiger charge is 2.33. The van der Waals surface area contributed by atoms with Crippen LogP contribution in [-0.2, 0) is 12.7 Å². The number of alkyl halides is 3. The largest absolute Gasteiger partial charge is 0.495 e. The standard InChI is InChI=1S/C15H13F3N2O3/c1-23-13-5-4-9(14(21)22)7-11(13)20-8-12-10(15(16,17)18)3-2-6-19-12/h2-7,20H,8H2,1H3,(H,21,22). The highest BCUT2D eigenvalue weighted by atomic mass is 19.4. The molecule has 0 saturated carbocycles. The van der Waals surface area contributed by atoms with E-state index in [0.29, 0.717) is 5.75 Å². The van der Waals surface area contributed by atoms with Gasteiger partial charge in [0.05, 0.1) is 36.2 Å². The molecule has 2 aromatic rings. The zero-order valence-corrected chi connectivity index (χ0v) is 12.0. The molecule has 0 bridgehead atoms. The Labute approximate surface area is 129 Å². The van der Waals surface area contributed by atoms with E-state index in [-0.39, 0.29) is 23.5 Å². The monoisotopic (exact) mass is 326 g/mol. The maximum Gasteiger partial charge on any atom is 0.418 e. The van der Waals surface area contributed by atoms with Crippen LogP contribution < -0.4 is 10.1 Å². The van der Waals surface area contributed by atoms with Gasteiger partial charge in [0.25, 0.3) is 0 Å². The summed E-state index contributed by atoms with van der Waals surface area (Å²) < 4.78 is 43.8. The predicted molar refractivity (Wildman–Crippen MR) is 76.5 cm³/mol. The van der Waals surface area contributed by atoms with Gasteiger partial charge in [-0.15, -0.1) is 0 Å². The molecule has 0 fully saturated rings. The maximum absolute atomic E-state index is 12.9. The number of nitrogens with one attached hydrogen (secondary N) is 1. The van der Waals surface area contributed by atoms with Crippen LogP contribution in [0.3, 0.4) is 0 Å². The number of carbonyl (C=O) groups is 1. The molecule has 1 aromatic heterocycles. The first kappa shape index (κ1) is 16.6. The first-order valence-electron chi connectivity index (χ1n) is 6.49. The van der Waals surface area contributed by atoms with Crippen LogP contribution in [-0.4, -0.2) is 23.2 Å². The van der Waals surface area contributed by atoms with Crippen LogP contribution in [0.2, 0.25) is 0 Å². The molecule has 5 nitrogen and oxygen atoms in total. The maximum atomic E-state index is 12.9. The fourth-order valence-corrected chi connectivity index (χ4v) is 2.00. The van der Waals surface area contributed by atoms with Crippen molar-refractivity contribution in [1.29, 1.82) is 0 Å². The van der Waals surface area contributed by atoms with E-state index in [0.717, 1.165) is 6.07 Å². The topological polar surface area (TPSA) is 71.5 Å². The highest BCUT2D eigenvalue weighted by molar-refractivity contribution is 5.89.